The van der Waals surface area contributed by atoms with Crippen molar-refractivity contribution in [2.45, 2.75) is 37.6 Å². The van der Waals surface area contributed by atoms with E-state index in [1.54, 1.807) is 11.8 Å². The molecule has 20 heavy (non-hydrogen) atoms. The number of thioether (sulfide) groups is 1. The molecule has 0 aromatic heterocycles. The lowest BCUT2D eigenvalue weighted by atomic mass is 10.3. The van der Waals surface area contributed by atoms with E-state index in [9.17, 15) is 14.7 Å². The molecule has 0 aromatic rings. The Bertz CT molecular complexity index is 361. The first-order valence-corrected chi connectivity index (χ1v) is 8.31. The first-order chi connectivity index (χ1) is 9.63. The average Bonchev–Trinajstić information content (AvgIpc) is 3.07. The van der Waals surface area contributed by atoms with E-state index in [0.29, 0.717) is 12.3 Å². The molecule has 2 fully saturated rings. The van der Waals surface area contributed by atoms with Crippen molar-refractivity contribution in [3.63, 3.8) is 0 Å². The lowest BCUT2D eigenvalue weighted by molar-refractivity contribution is -0.141. The van der Waals surface area contributed by atoms with Gasteiger partial charge >= 0.3 is 12.0 Å². The quantitative estimate of drug-likeness (QED) is 0.793. The Balaban J connectivity index is 1.83. The van der Waals surface area contributed by atoms with Crippen molar-refractivity contribution in [3.05, 3.63) is 0 Å². The van der Waals surface area contributed by atoms with Crippen LogP contribution in [0.25, 0.3) is 0 Å². The molecule has 2 amide bonds. The predicted octanol–water partition coefficient (Wildman–Crippen LogP) is 1.03. The van der Waals surface area contributed by atoms with E-state index in [1.165, 1.54) is 17.7 Å². The summed E-state index contributed by atoms with van der Waals surface area (Å²) in [5.74, 6) is -0.434. The monoisotopic (exact) mass is 301 g/mol. The van der Waals surface area contributed by atoms with E-state index in [0.717, 1.165) is 26.1 Å². The van der Waals surface area contributed by atoms with E-state index in [1.807, 2.05) is 6.92 Å². The largest absolute Gasteiger partial charge is 0.480 e. The zero-order valence-corrected chi connectivity index (χ0v) is 12.7. The van der Waals surface area contributed by atoms with Gasteiger partial charge in [-0.05, 0) is 32.4 Å². The Morgan fingerprint density at radius 2 is 2.05 bits per heavy atom. The van der Waals surface area contributed by atoms with Crippen molar-refractivity contribution in [1.82, 2.24) is 15.1 Å². The molecular weight excluding hydrogens is 278 g/mol. The molecule has 0 aliphatic carbocycles. The molecule has 2 heterocycles. The molecule has 0 spiro atoms. The minimum atomic E-state index is -0.914. The van der Waals surface area contributed by atoms with Gasteiger partial charge < -0.3 is 15.3 Å². The van der Waals surface area contributed by atoms with Crippen molar-refractivity contribution in [1.29, 1.82) is 0 Å². The Kier molecular flexibility index (Phi) is 5.54. The van der Waals surface area contributed by atoms with Gasteiger partial charge in [-0.25, -0.2) is 9.59 Å². The van der Waals surface area contributed by atoms with Gasteiger partial charge in [0.15, 0.2) is 0 Å². The van der Waals surface area contributed by atoms with Gasteiger partial charge in [-0.2, -0.15) is 0 Å². The number of nitrogens with zero attached hydrogens (tertiary/aromatic N) is 2. The lowest BCUT2D eigenvalue weighted by Gasteiger charge is -2.27. The smallest absolute Gasteiger partial charge is 0.327 e. The van der Waals surface area contributed by atoms with Crippen LogP contribution in [-0.2, 0) is 4.79 Å². The lowest BCUT2D eigenvalue weighted by Crippen LogP contribution is -2.51. The number of aliphatic carboxylic acids is 1. The van der Waals surface area contributed by atoms with Crippen LogP contribution in [0.15, 0.2) is 0 Å². The molecule has 2 rings (SSSR count). The second-order valence-electron chi connectivity index (χ2n) is 5.24. The molecular formula is C13H23N3O3S. The number of carboxylic acid groups (broad SMARTS) is 1. The topological polar surface area (TPSA) is 72.9 Å². The summed E-state index contributed by atoms with van der Waals surface area (Å²) >= 11 is 1.55. The molecule has 0 saturated carbocycles. The maximum Gasteiger partial charge on any atom is 0.327 e. The van der Waals surface area contributed by atoms with Crippen LogP contribution in [0.1, 0.15) is 26.2 Å². The van der Waals surface area contributed by atoms with Crippen LogP contribution in [0.4, 0.5) is 4.79 Å². The third-order valence-corrected chi connectivity index (χ3v) is 5.32. The van der Waals surface area contributed by atoms with Crippen molar-refractivity contribution >= 4 is 23.8 Å². The molecule has 2 unspecified atom stereocenters. The Hall–Kier alpha value is -0.950. The molecule has 114 valence electrons. The Morgan fingerprint density at radius 1 is 1.35 bits per heavy atom. The molecule has 0 aromatic carbocycles. The first kappa shape index (κ1) is 15.4. The highest BCUT2D eigenvalue weighted by Gasteiger charge is 2.40. The van der Waals surface area contributed by atoms with Gasteiger partial charge in [-0.3, -0.25) is 4.90 Å². The van der Waals surface area contributed by atoms with Crippen LogP contribution in [0, 0.1) is 0 Å². The second-order valence-corrected chi connectivity index (χ2v) is 6.45. The van der Waals surface area contributed by atoms with E-state index in [2.05, 4.69) is 10.2 Å². The Labute approximate surface area is 123 Å². The number of carbonyl (C=O) groups is 2. The highest BCUT2D eigenvalue weighted by molar-refractivity contribution is 8.00. The number of likely N-dealkylation sites (tertiary alicyclic amines) is 1. The minimum Gasteiger partial charge on any atom is -0.480 e. The highest BCUT2D eigenvalue weighted by atomic mass is 32.2. The molecule has 2 aliphatic rings. The molecule has 6 nitrogen and oxygen atoms in total. The number of amides is 2. The zero-order chi connectivity index (χ0) is 14.5. The van der Waals surface area contributed by atoms with Crippen LogP contribution < -0.4 is 5.32 Å². The summed E-state index contributed by atoms with van der Waals surface area (Å²) in [6.07, 6.45) is 3.24. The molecule has 2 saturated heterocycles. The van der Waals surface area contributed by atoms with E-state index in [4.69, 9.17) is 0 Å². The highest BCUT2D eigenvalue weighted by Crippen LogP contribution is 2.31. The van der Waals surface area contributed by atoms with Crippen molar-refractivity contribution in [2.24, 2.45) is 0 Å². The molecule has 0 radical (unpaired) electrons. The summed E-state index contributed by atoms with van der Waals surface area (Å²) in [4.78, 5) is 27.3. The number of hydrogen-bond donors (Lipinski definition) is 2. The Morgan fingerprint density at radius 3 is 2.65 bits per heavy atom. The molecule has 2 aliphatic heterocycles. The summed E-state index contributed by atoms with van der Waals surface area (Å²) in [5, 5.41) is 12.0. The van der Waals surface area contributed by atoms with E-state index in [-0.39, 0.29) is 11.4 Å². The van der Waals surface area contributed by atoms with Gasteiger partial charge in [0, 0.05) is 18.8 Å². The number of carboxylic acids is 1. The van der Waals surface area contributed by atoms with Crippen molar-refractivity contribution < 1.29 is 14.7 Å². The third-order valence-electron chi connectivity index (χ3n) is 3.86. The molecule has 2 atom stereocenters. The fourth-order valence-electron chi connectivity index (χ4n) is 2.76. The number of hydrogen-bond acceptors (Lipinski definition) is 4. The average molecular weight is 301 g/mol. The van der Waals surface area contributed by atoms with Gasteiger partial charge in [0.05, 0.1) is 5.37 Å². The summed E-state index contributed by atoms with van der Waals surface area (Å²) in [6.45, 7) is 5.62. The number of carbonyl (C=O) groups excluding carboxylic acids is 1. The summed E-state index contributed by atoms with van der Waals surface area (Å²) < 4.78 is 0. The van der Waals surface area contributed by atoms with Crippen LogP contribution in [0.5, 0.6) is 0 Å². The summed E-state index contributed by atoms with van der Waals surface area (Å²) in [7, 11) is 0. The maximum absolute atomic E-state index is 12.2. The summed E-state index contributed by atoms with van der Waals surface area (Å²) in [5.41, 5.74) is 0. The van der Waals surface area contributed by atoms with Crippen LogP contribution in [-0.4, -0.2) is 70.3 Å². The molecule has 7 heteroatoms. The molecule has 2 N–H and O–H groups in total. The van der Waals surface area contributed by atoms with E-state index >= 15 is 0 Å². The van der Waals surface area contributed by atoms with Crippen molar-refractivity contribution in [2.75, 3.05) is 31.9 Å². The van der Waals surface area contributed by atoms with Crippen LogP contribution >= 0.6 is 11.8 Å². The van der Waals surface area contributed by atoms with Gasteiger partial charge in [0.25, 0.3) is 0 Å². The van der Waals surface area contributed by atoms with Gasteiger partial charge in [-0.15, -0.1) is 11.8 Å². The van der Waals surface area contributed by atoms with Gasteiger partial charge in [-0.1, -0.05) is 6.92 Å². The third kappa shape index (κ3) is 3.58. The maximum atomic E-state index is 12.2. The normalized spacial score (nSPS) is 26.9. The fraction of sp³-hybridized carbons (Fsp3) is 0.846. The standard InChI is InChI=1S/C13H23N3O3S/c1-2-11-16(10(9-20-11)12(17)18)13(19)14-5-8-15-6-3-4-7-15/h10-11H,2-9H2,1H3,(H,14,19)(H,17,18). The summed E-state index contributed by atoms with van der Waals surface area (Å²) in [6, 6.07) is -0.940. The second kappa shape index (κ2) is 7.17. The number of nitrogens with one attached hydrogen (secondary N) is 1. The molecule has 0 bridgehead atoms. The zero-order valence-electron chi connectivity index (χ0n) is 11.9. The number of urea groups is 1. The van der Waals surface area contributed by atoms with Crippen LogP contribution in [0.2, 0.25) is 0 Å². The minimum absolute atomic E-state index is 0.0251. The van der Waals surface area contributed by atoms with Gasteiger partial charge in [0.1, 0.15) is 6.04 Å². The van der Waals surface area contributed by atoms with E-state index < -0.39 is 12.0 Å². The SMILES string of the molecule is CCC1SCC(C(=O)O)N1C(=O)NCCN1CCCC1. The fourth-order valence-corrected chi connectivity index (χ4v) is 4.11. The first-order valence-electron chi connectivity index (χ1n) is 7.26. The number of rotatable bonds is 5. The van der Waals surface area contributed by atoms with Gasteiger partial charge in [0.2, 0.25) is 0 Å². The predicted molar refractivity (Wildman–Crippen MR) is 78.9 cm³/mol. The van der Waals surface area contributed by atoms with Crippen molar-refractivity contribution in [3.8, 4) is 0 Å². The van der Waals surface area contributed by atoms with Crippen LogP contribution in [0.3, 0.4) is 0 Å².